The van der Waals surface area contributed by atoms with Crippen molar-refractivity contribution >= 4 is 23.9 Å². The van der Waals surface area contributed by atoms with E-state index in [4.69, 9.17) is 16.3 Å². The van der Waals surface area contributed by atoms with Crippen LogP contribution in [0.1, 0.15) is 30.9 Å². The fourth-order valence-corrected chi connectivity index (χ4v) is 1.40. The summed E-state index contributed by atoms with van der Waals surface area (Å²) in [5.74, 6) is -0.407. The third-order valence-corrected chi connectivity index (χ3v) is 2.57. The fourth-order valence-electron chi connectivity index (χ4n) is 1.24. The van der Waals surface area contributed by atoms with Crippen molar-refractivity contribution in [3.05, 3.63) is 28.5 Å². The van der Waals surface area contributed by atoms with E-state index in [2.05, 4.69) is 4.98 Å². The largest absolute Gasteiger partial charge is 0.461 e. The highest BCUT2D eigenvalue weighted by atomic mass is 35.5. The summed E-state index contributed by atoms with van der Waals surface area (Å²) in [6.45, 7) is 2.10. The standard InChI is InChI=1S/C12H14ClNO3/c1-2-9-6-10(12(13)14-7-9)8-17-11(16)4-3-5-15/h5-7H,2-4,8H2,1H3. The lowest BCUT2D eigenvalue weighted by Gasteiger charge is -2.06. The summed E-state index contributed by atoms with van der Waals surface area (Å²) in [7, 11) is 0. The second-order valence-electron chi connectivity index (χ2n) is 3.51. The number of esters is 1. The Hall–Kier alpha value is -1.42. The van der Waals surface area contributed by atoms with Crippen LogP contribution in [0.15, 0.2) is 12.3 Å². The molecule has 92 valence electrons. The van der Waals surface area contributed by atoms with E-state index in [-0.39, 0.29) is 19.4 Å². The van der Waals surface area contributed by atoms with Crippen LogP contribution in [0.4, 0.5) is 0 Å². The summed E-state index contributed by atoms with van der Waals surface area (Å²) >= 11 is 5.88. The molecule has 0 unspecified atom stereocenters. The van der Waals surface area contributed by atoms with Crippen LogP contribution >= 0.6 is 11.6 Å². The normalized spacial score (nSPS) is 10.0. The van der Waals surface area contributed by atoms with Crippen molar-refractivity contribution in [1.82, 2.24) is 4.98 Å². The Bertz CT molecular complexity index is 407. The van der Waals surface area contributed by atoms with Gasteiger partial charge in [0.25, 0.3) is 0 Å². The topological polar surface area (TPSA) is 56.3 Å². The molecule has 0 atom stereocenters. The Morgan fingerprint density at radius 2 is 2.35 bits per heavy atom. The molecule has 0 fully saturated rings. The van der Waals surface area contributed by atoms with Gasteiger partial charge in [-0.2, -0.15) is 0 Å². The van der Waals surface area contributed by atoms with Crippen molar-refractivity contribution in [1.29, 1.82) is 0 Å². The number of carbonyl (C=O) groups is 2. The van der Waals surface area contributed by atoms with Crippen LogP contribution < -0.4 is 0 Å². The van der Waals surface area contributed by atoms with Gasteiger partial charge < -0.3 is 9.53 Å². The smallest absolute Gasteiger partial charge is 0.306 e. The number of ether oxygens (including phenoxy) is 1. The van der Waals surface area contributed by atoms with Crippen LogP contribution in [0.2, 0.25) is 5.15 Å². The molecule has 1 heterocycles. The minimum Gasteiger partial charge on any atom is -0.461 e. The highest BCUT2D eigenvalue weighted by molar-refractivity contribution is 6.30. The zero-order chi connectivity index (χ0) is 12.7. The summed E-state index contributed by atoms with van der Waals surface area (Å²) < 4.78 is 4.99. The lowest BCUT2D eigenvalue weighted by molar-refractivity contribution is -0.145. The van der Waals surface area contributed by atoms with Crippen molar-refractivity contribution in [2.75, 3.05) is 0 Å². The lowest BCUT2D eigenvalue weighted by Crippen LogP contribution is -2.05. The molecule has 1 aromatic rings. The Kier molecular flexibility index (Phi) is 5.63. The van der Waals surface area contributed by atoms with Crippen LogP contribution in [0, 0.1) is 0 Å². The number of carbonyl (C=O) groups excluding carboxylic acids is 2. The molecule has 0 radical (unpaired) electrons. The first-order chi connectivity index (χ1) is 8.17. The molecule has 0 aliphatic rings. The summed E-state index contributed by atoms with van der Waals surface area (Å²) in [4.78, 5) is 25.3. The second-order valence-corrected chi connectivity index (χ2v) is 3.87. The fraction of sp³-hybridized carbons (Fsp3) is 0.417. The van der Waals surface area contributed by atoms with E-state index in [1.54, 1.807) is 6.20 Å². The molecule has 5 heteroatoms. The quantitative estimate of drug-likeness (QED) is 0.445. The molecule has 0 aliphatic carbocycles. The molecule has 0 bridgehead atoms. The molecular weight excluding hydrogens is 242 g/mol. The molecule has 0 aliphatic heterocycles. The van der Waals surface area contributed by atoms with E-state index in [0.29, 0.717) is 17.0 Å². The van der Waals surface area contributed by atoms with Crippen molar-refractivity contribution in [3.63, 3.8) is 0 Å². The minimum absolute atomic E-state index is 0.0946. The van der Waals surface area contributed by atoms with Crippen LogP contribution in [0.5, 0.6) is 0 Å². The third-order valence-electron chi connectivity index (χ3n) is 2.23. The molecule has 1 aromatic heterocycles. The molecule has 0 spiro atoms. The van der Waals surface area contributed by atoms with E-state index in [0.717, 1.165) is 12.0 Å². The molecule has 0 amide bonds. The van der Waals surface area contributed by atoms with Crippen LogP contribution in [0.25, 0.3) is 0 Å². The summed E-state index contributed by atoms with van der Waals surface area (Å²) in [6.07, 6.45) is 3.51. The van der Waals surface area contributed by atoms with Gasteiger partial charge in [-0.1, -0.05) is 18.5 Å². The van der Waals surface area contributed by atoms with Crippen LogP contribution in [0.3, 0.4) is 0 Å². The number of halogens is 1. The van der Waals surface area contributed by atoms with Gasteiger partial charge in [-0.05, 0) is 18.1 Å². The number of aryl methyl sites for hydroxylation is 1. The van der Waals surface area contributed by atoms with E-state index in [1.807, 2.05) is 13.0 Å². The zero-order valence-corrected chi connectivity index (χ0v) is 10.4. The average Bonchev–Trinajstić information content (AvgIpc) is 2.35. The monoisotopic (exact) mass is 255 g/mol. The zero-order valence-electron chi connectivity index (χ0n) is 9.61. The molecule has 0 saturated heterocycles. The molecule has 0 aromatic carbocycles. The number of rotatable bonds is 6. The summed E-state index contributed by atoms with van der Waals surface area (Å²) in [6, 6.07) is 1.86. The third kappa shape index (κ3) is 4.53. The molecule has 0 N–H and O–H groups in total. The predicted molar refractivity (Wildman–Crippen MR) is 63.7 cm³/mol. The van der Waals surface area contributed by atoms with E-state index >= 15 is 0 Å². The van der Waals surface area contributed by atoms with Gasteiger partial charge in [0.05, 0.1) is 6.42 Å². The van der Waals surface area contributed by atoms with Crippen molar-refractivity contribution < 1.29 is 14.3 Å². The number of pyridine rings is 1. The van der Waals surface area contributed by atoms with Crippen molar-refractivity contribution in [3.8, 4) is 0 Å². The van der Waals surface area contributed by atoms with Gasteiger partial charge in [0.15, 0.2) is 0 Å². The first-order valence-electron chi connectivity index (χ1n) is 5.40. The predicted octanol–water partition coefficient (Wildman–Crippen LogP) is 2.32. The van der Waals surface area contributed by atoms with Crippen molar-refractivity contribution in [2.45, 2.75) is 32.8 Å². The Morgan fingerprint density at radius 3 is 3.00 bits per heavy atom. The van der Waals surface area contributed by atoms with Crippen LogP contribution in [-0.2, 0) is 27.4 Å². The highest BCUT2D eigenvalue weighted by Gasteiger charge is 2.07. The lowest BCUT2D eigenvalue weighted by atomic mass is 10.2. The maximum Gasteiger partial charge on any atom is 0.306 e. The van der Waals surface area contributed by atoms with Gasteiger partial charge >= 0.3 is 5.97 Å². The maximum absolute atomic E-state index is 11.2. The second kappa shape index (κ2) is 7.01. The average molecular weight is 256 g/mol. The van der Waals surface area contributed by atoms with Crippen molar-refractivity contribution in [2.24, 2.45) is 0 Å². The minimum atomic E-state index is -0.407. The van der Waals surface area contributed by atoms with Gasteiger partial charge in [0, 0.05) is 18.2 Å². The number of aldehydes is 1. The first-order valence-corrected chi connectivity index (χ1v) is 5.77. The number of nitrogens with zero attached hydrogens (tertiary/aromatic N) is 1. The van der Waals surface area contributed by atoms with Gasteiger partial charge in [-0.15, -0.1) is 0 Å². The van der Waals surface area contributed by atoms with Gasteiger partial charge in [0.1, 0.15) is 18.0 Å². The molecular formula is C12H14ClNO3. The summed E-state index contributed by atoms with van der Waals surface area (Å²) in [5, 5.41) is 0.338. The Balaban J connectivity index is 2.56. The number of hydrogen-bond acceptors (Lipinski definition) is 4. The number of aromatic nitrogens is 1. The van der Waals surface area contributed by atoms with Gasteiger partial charge in [-0.25, -0.2) is 4.98 Å². The van der Waals surface area contributed by atoms with E-state index < -0.39 is 5.97 Å². The maximum atomic E-state index is 11.2. The van der Waals surface area contributed by atoms with E-state index in [1.165, 1.54) is 0 Å². The Labute approximate surface area is 105 Å². The van der Waals surface area contributed by atoms with Gasteiger partial charge in [-0.3, -0.25) is 4.79 Å². The van der Waals surface area contributed by atoms with Crippen LogP contribution in [-0.4, -0.2) is 17.2 Å². The van der Waals surface area contributed by atoms with E-state index in [9.17, 15) is 9.59 Å². The molecule has 17 heavy (non-hydrogen) atoms. The Morgan fingerprint density at radius 1 is 1.59 bits per heavy atom. The molecule has 4 nitrogen and oxygen atoms in total. The van der Waals surface area contributed by atoms with Gasteiger partial charge in [0.2, 0.25) is 0 Å². The summed E-state index contributed by atoms with van der Waals surface area (Å²) in [5.41, 5.74) is 1.72. The molecule has 1 rings (SSSR count). The number of hydrogen-bond donors (Lipinski definition) is 0. The first kappa shape index (κ1) is 13.6. The molecule has 0 saturated carbocycles. The SMILES string of the molecule is CCc1cnc(Cl)c(COC(=O)CCC=O)c1. The highest BCUT2D eigenvalue weighted by Crippen LogP contribution is 2.16.